The highest BCUT2D eigenvalue weighted by molar-refractivity contribution is 6.35. The van der Waals surface area contributed by atoms with E-state index < -0.39 is 28.8 Å². The summed E-state index contributed by atoms with van der Waals surface area (Å²) in [6.07, 6.45) is 2.11. The van der Waals surface area contributed by atoms with Gasteiger partial charge in [-0.3, -0.25) is 14.5 Å². The Labute approximate surface area is 212 Å². The Kier molecular flexibility index (Phi) is 7.98. The average molecular weight is 528 g/mol. The molecule has 2 aromatic rings. The van der Waals surface area contributed by atoms with E-state index in [9.17, 15) is 18.4 Å². The molecule has 1 aromatic carbocycles. The van der Waals surface area contributed by atoms with Crippen LogP contribution in [0.15, 0.2) is 35.5 Å². The first kappa shape index (κ1) is 26.8. The van der Waals surface area contributed by atoms with Crippen molar-refractivity contribution in [2.75, 3.05) is 11.9 Å². The quantitative estimate of drug-likeness (QED) is 0.623. The predicted molar refractivity (Wildman–Crippen MR) is 130 cm³/mol. The Hall–Kier alpha value is -2.82. The number of ether oxygens (including phenoxy) is 1. The lowest BCUT2D eigenvalue weighted by Gasteiger charge is -2.41. The highest BCUT2D eigenvalue weighted by Gasteiger charge is 2.42. The molecule has 1 aromatic heterocycles. The molecule has 8 nitrogen and oxygen atoms in total. The van der Waals surface area contributed by atoms with Gasteiger partial charge in [0.2, 0.25) is 5.91 Å². The van der Waals surface area contributed by atoms with Crippen LogP contribution < -0.4 is 11.1 Å². The second-order valence-electron chi connectivity index (χ2n) is 8.65. The lowest BCUT2D eigenvalue weighted by atomic mass is 9.86. The number of nitrogens with zero attached hydrogens (tertiary/aromatic N) is 3. The van der Waals surface area contributed by atoms with Gasteiger partial charge in [0, 0.05) is 24.3 Å². The molecule has 1 saturated heterocycles. The molecule has 0 aliphatic carbocycles. The normalized spacial score (nSPS) is 24.4. The molecule has 0 radical (unpaired) electrons. The molecule has 3 atom stereocenters. The SMILES string of the molecule is C[C@@H]1C[C@H](N2C(=O)C[C@@](C)(c3cccc(NC(=O)c4ncc(F)cc4F)c3Cl)N=C2N)CCO1.Cl. The number of nitrogens with two attached hydrogens (primary N) is 1. The van der Waals surface area contributed by atoms with Gasteiger partial charge in [-0.1, -0.05) is 23.7 Å². The van der Waals surface area contributed by atoms with Gasteiger partial charge in [0.15, 0.2) is 17.5 Å². The van der Waals surface area contributed by atoms with Crippen LogP contribution in [-0.2, 0) is 15.1 Å². The number of hydrogen-bond acceptors (Lipinski definition) is 6. The summed E-state index contributed by atoms with van der Waals surface area (Å²) < 4.78 is 32.6. The van der Waals surface area contributed by atoms with E-state index in [0.29, 0.717) is 31.1 Å². The number of aliphatic imine (C=N–C) groups is 1. The third-order valence-corrected chi connectivity index (χ3v) is 6.45. The summed E-state index contributed by atoms with van der Waals surface area (Å²) >= 11 is 6.59. The lowest BCUT2D eigenvalue weighted by molar-refractivity contribution is -0.133. The summed E-state index contributed by atoms with van der Waals surface area (Å²) in [5.74, 6) is -2.99. The van der Waals surface area contributed by atoms with Crippen molar-refractivity contribution in [3.05, 3.63) is 58.4 Å². The van der Waals surface area contributed by atoms with Crippen LogP contribution in [0.3, 0.4) is 0 Å². The molecular weight excluding hydrogens is 503 g/mol. The smallest absolute Gasteiger partial charge is 0.277 e. The van der Waals surface area contributed by atoms with Gasteiger partial charge >= 0.3 is 0 Å². The summed E-state index contributed by atoms with van der Waals surface area (Å²) in [6.45, 7) is 4.22. The van der Waals surface area contributed by atoms with E-state index in [1.165, 1.54) is 11.0 Å². The van der Waals surface area contributed by atoms with Crippen molar-refractivity contribution in [2.24, 2.45) is 10.7 Å². The molecule has 188 valence electrons. The topological polar surface area (TPSA) is 110 Å². The lowest BCUT2D eigenvalue weighted by Crippen LogP contribution is -2.56. The molecule has 0 bridgehead atoms. The van der Waals surface area contributed by atoms with Crippen LogP contribution in [0.2, 0.25) is 5.02 Å². The largest absolute Gasteiger partial charge is 0.378 e. The van der Waals surface area contributed by atoms with E-state index in [4.69, 9.17) is 22.1 Å². The van der Waals surface area contributed by atoms with E-state index in [0.717, 1.165) is 6.20 Å². The Morgan fingerprint density at radius 3 is 2.77 bits per heavy atom. The maximum Gasteiger partial charge on any atom is 0.277 e. The molecule has 4 rings (SSSR count). The number of nitrogens with one attached hydrogen (secondary N) is 1. The Morgan fingerprint density at radius 1 is 1.37 bits per heavy atom. The molecular formula is C23H25Cl2F2N5O3. The van der Waals surface area contributed by atoms with Gasteiger partial charge in [0.1, 0.15) is 5.82 Å². The minimum Gasteiger partial charge on any atom is -0.378 e. The second kappa shape index (κ2) is 10.4. The summed E-state index contributed by atoms with van der Waals surface area (Å²) in [7, 11) is 0. The van der Waals surface area contributed by atoms with Gasteiger partial charge in [-0.15, -0.1) is 12.4 Å². The number of anilines is 1. The molecule has 12 heteroatoms. The molecule has 1 fully saturated rings. The Morgan fingerprint density at radius 2 is 2.11 bits per heavy atom. The maximum atomic E-state index is 14.0. The van der Waals surface area contributed by atoms with Crippen LogP contribution in [0.5, 0.6) is 0 Å². The van der Waals surface area contributed by atoms with Crippen molar-refractivity contribution >= 4 is 47.5 Å². The van der Waals surface area contributed by atoms with Gasteiger partial charge in [-0.25, -0.2) is 18.8 Å². The standard InChI is InChI=1S/C23H24ClF2N5O3.ClH/c1-12-8-14(6-7-34-12)31-18(32)10-23(2,30-22(31)27)15-4-3-5-17(19(15)24)29-21(33)20-16(26)9-13(25)11-28-20;/h3-5,9,11-12,14H,6-8,10H2,1-2H3,(H2,27,30)(H,29,33);1H/t12-,14-,23+;/m1./s1. The molecule has 2 aliphatic rings. The van der Waals surface area contributed by atoms with Crippen molar-refractivity contribution in [1.82, 2.24) is 9.88 Å². The maximum absolute atomic E-state index is 14.0. The third kappa shape index (κ3) is 5.39. The number of benzene rings is 1. The highest BCUT2D eigenvalue weighted by Crippen LogP contribution is 2.41. The molecule has 0 spiro atoms. The number of hydrogen-bond donors (Lipinski definition) is 2. The summed E-state index contributed by atoms with van der Waals surface area (Å²) in [5, 5.41) is 2.61. The first-order valence-electron chi connectivity index (χ1n) is 10.8. The first-order valence-corrected chi connectivity index (χ1v) is 11.2. The van der Waals surface area contributed by atoms with Crippen LogP contribution in [0.1, 0.15) is 49.2 Å². The van der Waals surface area contributed by atoms with Crippen molar-refractivity contribution in [1.29, 1.82) is 0 Å². The molecule has 3 N–H and O–H groups in total. The van der Waals surface area contributed by atoms with Crippen LogP contribution in [0.4, 0.5) is 14.5 Å². The molecule has 2 amide bonds. The Balaban J connectivity index is 0.00000342. The van der Waals surface area contributed by atoms with E-state index in [2.05, 4.69) is 15.3 Å². The summed E-state index contributed by atoms with van der Waals surface area (Å²) in [6, 6.07) is 5.30. The van der Waals surface area contributed by atoms with Crippen molar-refractivity contribution in [2.45, 2.75) is 50.8 Å². The van der Waals surface area contributed by atoms with Crippen LogP contribution >= 0.6 is 24.0 Å². The van der Waals surface area contributed by atoms with Gasteiger partial charge in [-0.05, 0) is 32.8 Å². The van der Waals surface area contributed by atoms with Gasteiger partial charge in [0.05, 0.1) is 35.0 Å². The molecule has 2 aliphatic heterocycles. The number of pyridine rings is 1. The van der Waals surface area contributed by atoms with E-state index in [-0.39, 0.29) is 53.6 Å². The molecule has 3 heterocycles. The fourth-order valence-electron chi connectivity index (χ4n) is 4.42. The molecule has 0 saturated carbocycles. The number of carbonyl (C=O) groups excluding carboxylic acids is 2. The van der Waals surface area contributed by atoms with Gasteiger partial charge in [-0.2, -0.15) is 0 Å². The van der Waals surface area contributed by atoms with Crippen molar-refractivity contribution in [3.63, 3.8) is 0 Å². The van der Waals surface area contributed by atoms with Crippen LogP contribution in [-0.4, -0.2) is 46.4 Å². The second-order valence-corrected chi connectivity index (χ2v) is 9.03. The summed E-state index contributed by atoms with van der Waals surface area (Å²) in [5.41, 5.74) is 5.23. The highest BCUT2D eigenvalue weighted by atomic mass is 35.5. The zero-order valence-electron chi connectivity index (χ0n) is 19.1. The van der Waals surface area contributed by atoms with E-state index in [1.807, 2.05) is 6.92 Å². The van der Waals surface area contributed by atoms with Crippen molar-refractivity contribution < 1.29 is 23.1 Å². The third-order valence-electron chi connectivity index (χ3n) is 6.04. The van der Waals surface area contributed by atoms with Crippen LogP contribution in [0.25, 0.3) is 0 Å². The zero-order valence-corrected chi connectivity index (χ0v) is 20.6. The molecule has 35 heavy (non-hydrogen) atoms. The minimum atomic E-state index is -1.10. The van der Waals surface area contributed by atoms with Gasteiger partial charge < -0.3 is 15.8 Å². The predicted octanol–water partition coefficient (Wildman–Crippen LogP) is 4.02. The van der Waals surface area contributed by atoms with E-state index >= 15 is 0 Å². The summed E-state index contributed by atoms with van der Waals surface area (Å²) in [4.78, 5) is 35.3. The monoisotopic (exact) mass is 527 g/mol. The van der Waals surface area contributed by atoms with Gasteiger partial charge in [0.25, 0.3) is 5.91 Å². The number of amides is 2. The minimum absolute atomic E-state index is 0. The zero-order chi connectivity index (χ0) is 24.6. The first-order chi connectivity index (χ1) is 16.1. The fourth-order valence-corrected chi connectivity index (χ4v) is 4.79. The van der Waals surface area contributed by atoms with Crippen LogP contribution in [0, 0.1) is 11.6 Å². The fraction of sp³-hybridized carbons (Fsp3) is 0.391. The van der Waals surface area contributed by atoms with E-state index in [1.54, 1.807) is 19.1 Å². The number of carbonyl (C=O) groups is 2. The number of rotatable bonds is 4. The average Bonchev–Trinajstić information content (AvgIpc) is 2.74. The number of guanidine groups is 1. The number of aromatic nitrogens is 1. The van der Waals surface area contributed by atoms with Crippen molar-refractivity contribution in [3.8, 4) is 0 Å². The Bertz CT molecular complexity index is 1180. The number of halogens is 4. The molecule has 0 unspecified atom stereocenters.